The van der Waals surface area contributed by atoms with E-state index in [4.69, 9.17) is 27.2 Å². The van der Waals surface area contributed by atoms with Gasteiger partial charge in [-0.25, -0.2) is 9.59 Å². The number of carboxylic acid groups (broad SMARTS) is 2. The van der Waals surface area contributed by atoms with Crippen LogP contribution < -0.4 is 21.1 Å². The molecule has 1 atom stereocenters. The van der Waals surface area contributed by atoms with E-state index in [-0.39, 0.29) is 21.6 Å². The average Bonchev–Trinajstić information content (AvgIpc) is 3.23. The van der Waals surface area contributed by atoms with Crippen molar-refractivity contribution in [2.75, 3.05) is 25.0 Å². The molecule has 0 aliphatic carbocycles. The highest BCUT2D eigenvalue weighted by Gasteiger charge is 2.46. The fraction of sp³-hybridized carbons (Fsp3) is 0.296. The number of aryl methyl sites for hydroxylation is 1. The molecule has 1 unspecified atom stereocenters. The molecule has 1 amide bonds. The number of aliphatic carboxylic acids is 1. The molecule has 38 heavy (non-hydrogen) atoms. The van der Waals surface area contributed by atoms with E-state index < -0.39 is 30.0 Å². The molecule has 0 saturated carbocycles. The zero-order valence-corrected chi connectivity index (χ0v) is 22.2. The van der Waals surface area contributed by atoms with Crippen molar-refractivity contribution in [2.45, 2.75) is 25.3 Å². The third-order valence-corrected chi connectivity index (χ3v) is 8.34. The van der Waals surface area contributed by atoms with E-state index >= 15 is 0 Å². The van der Waals surface area contributed by atoms with Crippen molar-refractivity contribution in [3.8, 4) is 16.2 Å². The summed E-state index contributed by atoms with van der Waals surface area (Å²) in [5.74, 6) is -3.30. The first-order valence-corrected chi connectivity index (χ1v) is 13.2. The van der Waals surface area contributed by atoms with Crippen LogP contribution in [0.3, 0.4) is 0 Å². The summed E-state index contributed by atoms with van der Waals surface area (Å²) in [6, 6.07) is 14.8. The number of carboxylic acids is 2. The Kier molecular flexibility index (Phi) is 8.25. The van der Waals surface area contributed by atoms with Crippen LogP contribution >= 0.6 is 22.9 Å². The monoisotopic (exact) mass is 557 g/mol. The number of benzene rings is 2. The van der Waals surface area contributed by atoms with Crippen molar-refractivity contribution < 1.29 is 29.3 Å². The smallest absolute Gasteiger partial charge is 0.349 e. The molecular weight excluding hydrogens is 530 g/mol. The largest absolute Gasteiger partial charge is 0.479 e. The van der Waals surface area contributed by atoms with E-state index in [1.165, 1.54) is 0 Å². The standard InChI is InChI=1S/C27H28ClN3O6S/c1-15-5-7-17(8-6-15)27(26(29)36,18-9-11-30-12-10-18)31-19-4-2-3-16(13-19)23-21(28)22(37-14-20(32)33)24(38-23)25(34)35/h2-8,13,18,30-31H,9-12,14H2,1H3,(H2,29,36)(H,32,33)(H,34,35). The summed E-state index contributed by atoms with van der Waals surface area (Å²) in [5, 5.41) is 25.4. The van der Waals surface area contributed by atoms with Gasteiger partial charge in [-0.2, -0.15) is 0 Å². The Morgan fingerprint density at radius 3 is 2.45 bits per heavy atom. The summed E-state index contributed by atoms with van der Waals surface area (Å²) < 4.78 is 5.20. The van der Waals surface area contributed by atoms with Gasteiger partial charge in [0.1, 0.15) is 10.6 Å². The zero-order chi connectivity index (χ0) is 27.4. The van der Waals surface area contributed by atoms with Crippen LogP contribution in [0.4, 0.5) is 5.69 Å². The summed E-state index contributed by atoms with van der Waals surface area (Å²) in [4.78, 5) is 36.2. The maximum absolute atomic E-state index is 13.3. The highest BCUT2D eigenvalue weighted by Crippen LogP contribution is 2.46. The number of aromatic carboxylic acids is 1. The van der Waals surface area contributed by atoms with Crippen molar-refractivity contribution in [3.63, 3.8) is 0 Å². The molecule has 2 heterocycles. The molecule has 0 radical (unpaired) electrons. The number of thiophene rings is 1. The molecule has 1 saturated heterocycles. The molecule has 1 aliphatic rings. The van der Waals surface area contributed by atoms with Gasteiger partial charge in [0.25, 0.3) is 0 Å². The molecule has 3 aromatic rings. The summed E-state index contributed by atoms with van der Waals surface area (Å²) in [6.45, 7) is 2.76. The molecule has 2 aromatic carbocycles. The van der Waals surface area contributed by atoms with E-state index in [1.54, 1.807) is 24.3 Å². The van der Waals surface area contributed by atoms with Crippen molar-refractivity contribution in [3.05, 3.63) is 69.6 Å². The highest BCUT2D eigenvalue weighted by atomic mass is 35.5. The number of amides is 1. The Morgan fingerprint density at radius 1 is 1.16 bits per heavy atom. The van der Waals surface area contributed by atoms with Crippen molar-refractivity contribution in [1.29, 1.82) is 0 Å². The number of hydrogen-bond donors (Lipinski definition) is 5. The first-order valence-electron chi connectivity index (χ1n) is 12.0. The van der Waals surface area contributed by atoms with Gasteiger partial charge in [-0.1, -0.05) is 53.6 Å². The zero-order valence-electron chi connectivity index (χ0n) is 20.6. The average molecular weight is 558 g/mol. The number of primary amides is 1. The van der Waals surface area contributed by atoms with Crippen LogP contribution in [0.5, 0.6) is 5.75 Å². The summed E-state index contributed by atoms with van der Waals surface area (Å²) in [6.07, 6.45) is 1.49. The van der Waals surface area contributed by atoms with E-state index in [1.807, 2.05) is 31.2 Å². The third-order valence-electron chi connectivity index (χ3n) is 6.66. The van der Waals surface area contributed by atoms with E-state index in [9.17, 15) is 19.5 Å². The highest BCUT2D eigenvalue weighted by molar-refractivity contribution is 7.18. The van der Waals surface area contributed by atoms with Gasteiger partial charge < -0.3 is 31.3 Å². The molecule has 9 nitrogen and oxygen atoms in total. The Morgan fingerprint density at radius 2 is 1.84 bits per heavy atom. The minimum absolute atomic E-state index is 0.00357. The van der Waals surface area contributed by atoms with Crippen LogP contribution in [-0.2, 0) is 15.1 Å². The number of piperidine rings is 1. The van der Waals surface area contributed by atoms with Gasteiger partial charge >= 0.3 is 11.9 Å². The van der Waals surface area contributed by atoms with Gasteiger partial charge in [-0.15, -0.1) is 11.3 Å². The van der Waals surface area contributed by atoms with E-state index in [0.717, 1.165) is 48.4 Å². The van der Waals surface area contributed by atoms with Crippen LogP contribution in [0.15, 0.2) is 48.5 Å². The Hall–Kier alpha value is -3.60. The summed E-state index contributed by atoms with van der Waals surface area (Å²) in [7, 11) is 0. The first-order chi connectivity index (χ1) is 18.1. The number of carbonyl (C=O) groups excluding carboxylic acids is 1. The maximum Gasteiger partial charge on any atom is 0.349 e. The van der Waals surface area contributed by atoms with Gasteiger partial charge in [0.05, 0.1) is 4.88 Å². The Balaban J connectivity index is 1.78. The van der Waals surface area contributed by atoms with Crippen molar-refractivity contribution in [2.24, 2.45) is 11.7 Å². The minimum Gasteiger partial charge on any atom is -0.479 e. The molecule has 4 rings (SSSR count). The number of hydrogen-bond acceptors (Lipinski definition) is 7. The Bertz CT molecular complexity index is 1350. The second-order valence-corrected chi connectivity index (χ2v) is 10.6. The topological polar surface area (TPSA) is 151 Å². The number of rotatable bonds is 10. The lowest BCUT2D eigenvalue weighted by Crippen LogP contribution is -2.55. The second-order valence-electron chi connectivity index (χ2n) is 9.16. The van der Waals surface area contributed by atoms with Crippen LogP contribution in [0.25, 0.3) is 10.4 Å². The van der Waals surface area contributed by atoms with Gasteiger partial charge in [0.2, 0.25) is 5.91 Å². The lowest BCUT2D eigenvalue weighted by molar-refractivity contribution is -0.139. The first kappa shape index (κ1) is 27.4. The lowest BCUT2D eigenvalue weighted by Gasteiger charge is -2.42. The van der Waals surface area contributed by atoms with Gasteiger partial charge in [-0.3, -0.25) is 4.79 Å². The van der Waals surface area contributed by atoms with Crippen LogP contribution in [0.1, 0.15) is 33.6 Å². The predicted octanol–water partition coefficient (Wildman–Crippen LogP) is 4.33. The minimum atomic E-state index is -1.28. The molecule has 0 bridgehead atoms. The quantitative estimate of drug-likeness (QED) is 0.247. The van der Waals surface area contributed by atoms with Crippen LogP contribution in [0, 0.1) is 12.8 Å². The molecule has 11 heteroatoms. The number of nitrogens with one attached hydrogen (secondary N) is 2. The number of anilines is 1. The SMILES string of the molecule is Cc1ccc(C(Nc2cccc(-c3sc(C(=O)O)c(OCC(=O)O)c3Cl)c2)(C(N)=O)C2CCNCC2)cc1. The molecular formula is C27H28ClN3O6S. The predicted molar refractivity (Wildman–Crippen MR) is 146 cm³/mol. The van der Waals surface area contributed by atoms with Gasteiger partial charge in [0.15, 0.2) is 17.2 Å². The van der Waals surface area contributed by atoms with Gasteiger partial charge in [0, 0.05) is 5.69 Å². The number of ether oxygens (including phenoxy) is 1. The fourth-order valence-corrected chi connectivity index (χ4v) is 6.24. The maximum atomic E-state index is 13.3. The second kappa shape index (κ2) is 11.4. The van der Waals surface area contributed by atoms with Crippen molar-refractivity contribution in [1.82, 2.24) is 5.32 Å². The lowest BCUT2D eigenvalue weighted by atomic mass is 9.72. The summed E-state index contributed by atoms with van der Waals surface area (Å²) in [5.41, 5.74) is 7.94. The summed E-state index contributed by atoms with van der Waals surface area (Å²) >= 11 is 7.37. The van der Waals surface area contributed by atoms with Crippen molar-refractivity contribution >= 4 is 46.5 Å². The molecule has 200 valence electrons. The molecule has 6 N–H and O–H groups in total. The molecule has 1 aromatic heterocycles. The third kappa shape index (κ3) is 5.47. The number of carbonyl (C=O) groups is 3. The fourth-order valence-electron chi connectivity index (χ4n) is 4.84. The van der Waals surface area contributed by atoms with E-state index in [0.29, 0.717) is 16.1 Å². The normalized spacial score (nSPS) is 15.4. The molecule has 1 aliphatic heterocycles. The Labute approximate surface area is 228 Å². The van der Waals surface area contributed by atoms with Gasteiger partial charge in [-0.05, 0) is 62.0 Å². The number of nitrogens with two attached hydrogens (primary N) is 1. The van der Waals surface area contributed by atoms with Crippen LogP contribution in [-0.4, -0.2) is 47.8 Å². The molecule has 0 spiro atoms. The molecule has 1 fully saturated rings. The van der Waals surface area contributed by atoms with E-state index in [2.05, 4.69) is 10.6 Å². The van der Waals surface area contributed by atoms with Crippen LogP contribution in [0.2, 0.25) is 5.02 Å². The number of halogens is 1.